The number of amides is 2. The largest absolute Gasteiger partial charge is 0.362 e. The van der Waals surface area contributed by atoms with Crippen molar-refractivity contribution in [2.45, 2.75) is 51.2 Å². The van der Waals surface area contributed by atoms with Gasteiger partial charge in [0, 0.05) is 32.6 Å². The van der Waals surface area contributed by atoms with Crippen LogP contribution in [0, 0.1) is 0 Å². The molecule has 0 aliphatic carbocycles. The Kier molecular flexibility index (Phi) is 4.92. The molecule has 3 saturated heterocycles. The molecule has 0 aromatic rings. The van der Waals surface area contributed by atoms with Gasteiger partial charge in [0.25, 0.3) is 5.91 Å². The highest BCUT2D eigenvalue weighted by atomic mass is 16.5. The number of carbonyl (C=O) groups is 2. The Labute approximate surface area is 138 Å². The summed E-state index contributed by atoms with van der Waals surface area (Å²) >= 11 is 0. The molecule has 0 aromatic heterocycles. The quantitative estimate of drug-likeness (QED) is 0.751. The maximum absolute atomic E-state index is 12.9. The lowest BCUT2D eigenvalue weighted by Gasteiger charge is -2.44. The summed E-state index contributed by atoms with van der Waals surface area (Å²) in [5.41, 5.74) is -0.885. The monoisotopic (exact) mass is 323 g/mol. The predicted octanol–water partition coefficient (Wildman–Crippen LogP) is 0.711. The zero-order valence-corrected chi connectivity index (χ0v) is 14.4. The Hall–Kier alpha value is -1.14. The highest BCUT2D eigenvalue weighted by Crippen LogP contribution is 2.25. The molecule has 23 heavy (non-hydrogen) atoms. The third kappa shape index (κ3) is 3.53. The van der Waals surface area contributed by atoms with E-state index in [1.165, 1.54) is 25.9 Å². The van der Waals surface area contributed by atoms with E-state index in [0.29, 0.717) is 25.7 Å². The summed E-state index contributed by atoms with van der Waals surface area (Å²) in [7, 11) is 0. The maximum Gasteiger partial charge on any atom is 0.256 e. The third-order valence-electron chi connectivity index (χ3n) is 5.58. The minimum Gasteiger partial charge on any atom is -0.362 e. The lowest BCUT2D eigenvalue weighted by atomic mass is 9.98. The van der Waals surface area contributed by atoms with Crippen LogP contribution in [0.25, 0.3) is 0 Å². The van der Waals surface area contributed by atoms with Gasteiger partial charge in [0.2, 0.25) is 5.91 Å². The molecule has 3 aliphatic rings. The van der Waals surface area contributed by atoms with Gasteiger partial charge in [-0.05, 0) is 45.7 Å². The highest BCUT2D eigenvalue weighted by molar-refractivity contribution is 5.86. The third-order valence-corrected chi connectivity index (χ3v) is 5.58. The van der Waals surface area contributed by atoms with Crippen molar-refractivity contribution in [3.05, 3.63) is 0 Å². The van der Waals surface area contributed by atoms with Gasteiger partial charge in [-0.2, -0.15) is 0 Å². The molecule has 3 heterocycles. The number of piperidine rings is 1. The number of morpholine rings is 1. The second-order valence-electron chi connectivity index (χ2n) is 7.29. The zero-order valence-electron chi connectivity index (χ0n) is 14.4. The zero-order chi connectivity index (χ0) is 16.4. The van der Waals surface area contributed by atoms with E-state index in [1.54, 1.807) is 11.8 Å². The molecule has 6 nitrogen and oxygen atoms in total. The molecule has 0 aromatic carbocycles. The van der Waals surface area contributed by atoms with Crippen molar-refractivity contribution in [1.29, 1.82) is 0 Å². The lowest BCUT2D eigenvalue weighted by molar-refractivity contribution is -0.172. The van der Waals surface area contributed by atoms with Crippen molar-refractivity contribution in [1.82, 2.24) is 14.7 Å². The van der Waals surface area contributed by atoms with Crippen LogP contribution < -0.4 is 0 Å². The number of carbonyl (C=O) groups excluding carboxylic acids is 2. The molecule has 6 heteroatoms. The molecular weight excluding hydrogens is 294 g/mol. The van der Waals surface area contributed by atoms with Crippen LogP contribution in [0.5, 0.6) is 0 Å². The van der Waals surface area contributed by atoms with Crippen LogP contribution >= 0.6 is 0 Å². The second kappa shape index (κ2) is 6.77. The number of rotatable bonds is 2. The van der Waals surface area contributed by atoms with E-state index in [0.717, 1.165) is 25.9 Å². The maximum atomic E-state index is 12.9. The molecule has 0 radical (unpaired) electrons. The summed E-state index contributed by atoms with van der Waals surface area (Å²) in [5, 5.41) is 0. The van der Waals surface area contributed by atoms with E-state index in [-0.39, 0.29) is 11.8 Å². The Morgan fingerprint density at radius 2 is 1.65 bits per heavy atom. The molecule has 0 unspecified atom stereocenters. The van der Waals surface area contributed by atoms with E-state index >= 15 is 0 Å². The molecule has 3 aliphatic heterocycles. The first-order valence-corrected chi connectivity index (χ1v) is 8.92. The van der Waals surface area contributed by atoms with Gasteiger partial charge in [-0.1, -0.05) is 0 Å². The molecule has 0 bridgehead atoms. The van der Waals surface area contributed by atoms with Crippen molar-refractivity contribution in [2.24, 2.45) is 0 Å². The first-order chi connectivity index (χ1) is 11.0. The normalized spacial score (nSPS) is 30.7. The molecule has 1 atom stereocenters. The van der Waals surface area contributed by atoms with Crippen LogP contribution in [-0.4, -0.2) is 84.0 Å². The van der Waals surface area contributed by atoms with Crippen LogP contribution in [0.1, 0.15) is 39.5 Å². The molecule has 130 valence electrons. The summed E-state index contributed by atoms with van der Waals surface area (Å²) in [6.07, 6.45) is 4.73. The Morgan fingerprint density at radius 3 is 2.26 bits per heavy atom. The van der Waals surface area contributed by atoms with Gasteiger partial charge >= 0.3 is 0 Å². The van der Waals surface area contributed by atoms with Crippen molar-refractivity contribution in [3.8, 4) is 0 Å². The van der Waals surface area contributed by atoms with E-state index in [9.17, 15) is 9.59 Å². The topological polar surface area (TPSA) is 53.1 Å². The Bertz CT molecular complexity index is 456. The summed E-state index contributed by atoms with van der Waals surface area (Å²) in [6.45, 7) is 8.81. The van der Waals surface area contributed by atoms with Crippen molar-refractivity contribution < 1.29 is 14.3 Å². The number of hydrogen-bond acceptors (Lipinski definition) is 4. The molecule has 0 N–H and O–H groups in total. The fraction of sp³-hybridized carbons (Fsp3) is 0.882. The first kappa shape index (κ1) is 16.7. The van der Waals surface area contributed by atoms with Crippen LogP contribution in [0.3, 0.4) is 0 Å². The van der Waals surface area contributed by atoms with E-state index < -0.39 is 5.60 Å². The van der Waals surface area contributed by atoms with Crippen LogP contribution in [0.15, 0.2) is 0 Å². The number of nitrogens with zero attached hydrogens (tertiary/aromatic N) is 3. The van der Waals surface area contributed by atoms with Gasteiger partial charge in [0.15, 0.2) is 5.60 Å². The minimum atomic E-state index is -0.885. The number of likely N-dealkylation sites (tertiary alicyclic amines) is 2. The van der Waals surface area contributed by atoms with E-state index in [4.69, 9.17) is 4.74 Å². The first-order valence-electron chi connectivity index (χ1n) is 8.92. The SMILES string of the molecule is CC(=O)N1CCO[C@](C)(C(=O)N2CCC(N3CCCC3)CC2)C1. The standard InChI is InChI=1S/C17H29N3O3/c1-14(21)20-11-12-23-17(2,13-20)16(22)19-9-5-15(6-10-19)18-7-3-4-8-18/h15H,3-13H2,1-2H3/t17-/m0/s1. The second-order valence-corrected chi connectivity index (χ2v) is 7.29. The van der Waals surface area contributed by atoms with Gasteiger partial charge in [-0.15, -0.1) is 0 Å². The van der Waals surface area contributed by atoms with E-state index in [2.05, 4.69) is 4.90 Å². The van der Waals surface area contributed by atoms with Crippen LogP contribution in [0.2, 0.25) is 0 Å². The average Bonchev–Trinajstić information content (AvgIpc) is 3.09. The van der Waals surface area contributed by atoms with Crippen LogP contribution in [-0.2, 0) is 14.3 Å². The fourth-order valence-electron chi connectivity index (χ4n) is 4.14. The van der Waals surface area contributed by atoms with Gasteiger partial charge in [0.1, 0.15) is 0 Å². The predicted molar refractivity (Wildman–Crippen MR) is 87.0 cm³/mol. The summed E-state index contributed by atoms with van der Waals surface area (Å²) in [5.74, 6) is 0.0587. The molecule has 0 spiro atoms. The van der Waals surface area contributed by atoms with E-state index in [1.807, 2.05) is 11.8 Å². The number of hydrogen-bond donors (Lipinski definition) is 0. The Morgan fingerprint density at radius 1 is 1.00 bits per heavy atom. The van der Waals surface area contributed by atoms with Gasteiger partial charge in [-0.3, -0.25) is 9.59 Å². The van der Waals surface area contributed by atoms with Gasteiger partial charge in [0.05, 0.1) is 13.2 Å². The van der Waals surface area contributed by atoms with Crippen molar-refractivity contribution in [2.75, 3.05) is 45.9 Å². The highest BCUT2D eigenvalue weighted by Gasteiger charge is 2.43. The Balaban J connectivity index is 1.56. The number of ether oxygens (including phenoxy) is 1. The van der Waals surface area contributed by atoms with Crippen molar-refractivity contribution in [3.63, 3.8) is 0 Å². The molecule has 0 saturated carbocycles. The molecule has 3 rings (SSSR count). The van der Waals surface area contributed by atoms with Gasteiger partial charge < -0.3 is 19.4 Å². The average molecular weight is 323 g/mol. The summed E-state index contributed by atoms with van der Waals surface area (Å²) in [4.78, 5) is 30.8. The van der Waals surface area contributed by atoms with Crippen molar-refractivity contribution >= 4 is 11.8 Å². The molecule has 2 amide bonds. The van der Waals surface area contributed by atoms with Gasteiger partial charge in [-0.25, -0.2) is 0 Å². The minimum absolute atomic E-state index is 0.0140. The summed E-state index contributed by atoms with van der Waals surface area (Å²) in [6, 6.07) is 0.635. The lowest BCUT2D eigenvalue weighted by Crippen LogP contribution is -2.61. The molecule has 3 fully saturated rings. The summed E-state index contributed by atoms with van der Waals surface area (Å²) < 4.78 is 5.79. The smallest absolute Gasteiger partial charge is 0.256 e. The fourth-order valence-corrected chi connectivity index (χ4v) is 4.14. The van der Waals surface area contributed by atoms with Crippen LogP contribution in [0.4, 0.5) is 0 Å². The molecular formula is C17H29N3O3.